The van der Waals surface area contributed by atoms with Crippen molar-refractivity contribution in [2.24, 2.45) is 5.92 Å². The van der Waals surface area contributed by atoms with Crippen molar-refractivity contribution in [3.63, 3.8) is 0 Å². The Hall–Kier alpha value is -4.72. The molecule has 3 aliphatic heterocycles. The molecule has 2 unspecified atom stereocenters. The van der Waals surface area contributed by atoms with Crippen molar-refractivity contribution in [1.82, 2.24) is 15.0 Å². The van der Waals surface area contributed by atoms with Gasteiger partial charge in [-0.05, 0) is 55.4 Å². The molecule has 0 saturated carbocycles. The first-order valence-corrected chi connectivity index (χ1v) is 19.9. The van der Waals surface area contributed by atoms with Crippen LogP contribution in [-0.4, -0.2) is 65.2 Å². The summed E-state index contributed by atoms with van der Waals surface area (Å²) in [6.45, 7) is 6.69. The highest BCUT2D eigenvalue weighted by atomic mass is 28.4. The van der Waals surface area contributed by atoms with Crippen LogP contribution in [0.2, 0.25) is 18.6 Å². The lowest BCUT2D eigenvalue weighted by atomic mass is 9.82. The van der Waals surface area contributed by atoms with Crippen LogP contribution in [0.4, 0.5) is 21.2 Å². The molecule has 4 aromatic rings. The molecular weight excluding hydrogens is 658 g/mol. The zero-order chi connectivity index (χ0) is 35.4. The third kappa shape index (κ3) is 5.62. The molecule has 2 saturated heterocycles. The Morgan fingerprint density at radius 1 is 1.08 bits per heavy atom. The number of nitrogens with zero attached hydrogens (tertiary/aromatic N) is 5. The summed E-state index contributed by atoms with van der Waals surface area (Å²) in [5, 5.41) is 18.8. The SMILES string of the molecule is CC(=O)OC1CC(=O)N1c1ccc2c(c1)[C@@]1(O[C@H](CCn3cc(C(CO)c4ccccc4)nn3)[C@@H]([Si](C)(C)F)[C@@H]1C)C(=O)N2c1ccccc1. The van der Waals surface area contributed by atoms with Crippen LogP contribution in [0, 0.1) is 5.92 Å². The topological polar surface area (TPSA) is 127 Å². The number of esters is 1. The first-order chi connectivity index (χ1) is 23.9. The van der Waals surface area contributed by atoms with Crippen molar-refractivity contribution in [3.8, 4) is 0 Å². The number of aromatic nitrogens is 3. The van der Waals surface area contributed by atoms with Crippen molar-refractivity contribution < 1.29 is 33.1 Å². The predicted octanol–water partition coefficient (Wildman–Crippen LogP) is 5.57. The van der Waals surface area contributed by atoms with Crippen molar-refractivity contribution >= 4 is 43.3 Å². The largest absolute Gasteiger partial charge is 0.441 e. The van der Waals surface area contributed by atoms with E-state index in [1.54, 1.807) is 47.1 Å². The van der Waals surface area contributed by atoms with Crippen molar-refractivity contribution in [2.45, 2.75) is 75.7 Å². The van der Waals surface area contributed by atoms with Crippen molar-refractivity contribution in [2.75, 3.05) is 16.4 Å². The van der Waals surface area contributed by atoms with E-state index in [2.05, 4.69) is 10.3 Å². The number of amides is 2. The molecule has 2 amide bonds. The lowest BCUT2D eigenvalue weighted by Crippen LogP contribution is -2.55. The summed E-state index contributed by atoms with van der Waals surface area (Å²) in [7, 11) is -3.46. The molecule has 1 aromatic heterocycles. The average molecular weight is 698 g/mol. The van der Waals surface area contributed by atoms with Gasteiger partial charge in [-0.1, -0.05) is 60.7 Å². The van der Waals surface area contributed by atoms with Crippen molar-refractivity contribution in [1.29, 1.82) is 0 Å². The summed E-state index contributed by atoms with van der Waals surface area (Å²) >= 11 is 0. The smallest absolute Gasteiger partial charge is 0.304 e. The van der Waals surface area contributed by atoms with Crippen LogP contribution < -0.4 is 9.80 Å². The summed E-state index contributed by atoms with van der Waals surface area (Å²) in [6.07, 6.45) is 0.822. The number of fused-ring (bicyclic) bond motifs is 2. The molecule has 0 aliphatic carbocycles. The van der Waals surface area contributed by atoms with Gasteiger partial charge in [-0.25, -0.2) is 0 Å². The number of aliphatic hydroxyl groups is 1. The highest BCUT2D eigenvalue weighted by Gasteiger charge is 2.67. The molecule has 3 aliphatic rings. The molecule has 1 spiro atoms. The van der Waals surface area contributed by atoms with Gasteiger partial charge in [-0.3, -0.25) is 28.9 Å². The van der Waals surface area contributed by atoms with Gasteiger partial charge in [-0.2, -0.15) is 0 Å². The molecule has 6 atom stereocenters. The molecule has 1 N–H and O–H groups in total. The minimum Gasteiger partial charge on any atom is -0.441 e. The van der Waals surface area contributed by atoms with Crippen LogP contribution in [0.25, 0.3) is 0 Å². The van der Waals surface area contributed by atoms with E-state index in [-0.39, 0.29) is 30.8 Å². The van der Waals surface area contributed by atoms with Gasteiger partial charge in [0.1, 0.15) is 0 Å². The number of carbonyl (C=O) groups excluding carboxylic acids is 3. The zero-order valence-corrected chi connectivity index (χ0v) is 29.4. The van der Waals surface area contributed by atoms with Gasteiger partial charge in [0.05, 0.1) is 36.4 Å². The molecule has 7 rings (SSSR count). The molecule has 4 heterocycles. The summed E-state index contributed by atoms with van der Waals surface area (Å²) in [4.78, 5) is 42.5. The number of para-hydroxylation sites is 1. The number of halogens is 1. The lowest BCUT2D eigenvalue weighted by Gasteiger charge is -2.39. The number of anilines is 3. The maximum atomic E-state index is 16.5. The number of rotatable bonds is 10. The highest BCUT2D eigenvalue weighted by molar-refractivity contribution is 6.72. The second-order valence-corrected chi connectivity index (χ2v) is 17.6. The number of hydrogen-bond acceptors (Lipinski definition) is 8. The normalized spacial score (nSPS) is 25.2. The monoisotopic (exact) mass is 697 g/mol. The molecule has 0 bridgehead atoms. The second-order valence-electron chi connectivity index (χ2n) is 13.8. The standard InChI is InChI=1S/C37H40FN5O6Si/c1-23-35(50(3,4)38)32(17-18-41-21-30(39-40-41)28(22-44)25-11-7-5-8-12-25)49-37(23)29-19-27(43-33(46)20-34(43)48-24(2)45)15-16-31(29)42(36(37)47)26-13-9-6-10-14-26/h5-16,19,21,23,28,32,34-35,44H,17-18,20,22H2,1-4H3/t23-,28?,32+,34?,35-,37+/m0/s1. The van der Waals surface area contributed by atoms with Gasteiger partial charge in [0.15, 0.2) is 11.8 Å². The van der Waals surface area contributed by atoms with Gasteiger partial charge in [-0.15, -0.1) is 5.10 Å². The minimum absolute atomic E-state index is 0.0595. The molecule has 50 heavy (non-hydrogen) atoms. The molecule has 3 aromatic carbocycles. The van der Waals surface area contributed by atoms with E-state index >= 15 is 4.11 Å². The van der Waals surface area contributed by atoms with Gasteiger partial charge in [0, 0.05) is 48.1 Å². The van der Waals surface area contributed by atoms with Gasteiger partial charge < -0.3 is 18.7 Å². The fourth-order valence-electron chi connectivity index (χ4n) is 8.09. The molecule has 0 radical (unpaired) electrons. The number of aliphatic hydroxyl groups excluding tert-OH is 1. The van der Waals surface area contributed by atoms with E-state index in [9.17, 15) is 19.5 Å². The quantitative estimate of drug-likeness (QED) is 0.0987. The maximum Gasteiger partial charge on any atom is 0.304 e. The van der Waals surface area contributed by atoms with Crippen LogP contribution >= 0.6 is 0 Å². The molecular formula is C37H40FN5O6Si. The lowest BCUT2D eigenvalue weighted by molar-refractivity contribution is -0.153. The van der Waals surface area contributed by atoms with Crippen LogP contribution in [0.5, 0.6) is 0 Å². The van der Waals surface area contributed by atoms with E-state index in [1.807, 2.05) is 67.6 Å². The maximum absolute atomic E-state index is 16.5. The molecule has 11 nitrogen and oxygen atoms in total. The zero-order valence-electron chi connectivity index (χ0n) is 28.4. The Kier molecular flexibility index (Phi) is 8.69. The first kappa shape index (κ1) is 33.8. The number of carbonyl (C=O) groups is 3. The Labute approximate surface area is 290 Å². The van der Waals surface area contributed by atoms with E-state index in [1.165, 1.54) is 11.8 Å². The highest BCUT2D eigenvalue weighted by Crippen LogP contribution is 2.61. The van der Waals surface area contributed by atoms with Gasteiger partial charge >= 0.3 is 5.97 Å². The third-order valence-electron chi connectivity index (χ3n) is 10.3. The van der Waals surface area contributed by atoms with Crippen LogP contribution in [0.15, 0.2) is 85.1 Å². The van der Waals surface area contributed by atoms with Crippen LogP contribution in [-0.2, 0) is 36.0 Å². The first-order valence-electron chi connectivity index (χ1n) is 16.9. The summed E-state index contributed by atoms with van der Waals surface area (Å²) in [5.74, 6) is -1.95. The fourth-order valence-corrected chi connectivity index (χ4v) is 10.6. The van der Waals surface area contributed by atoms with Gasteiger partial charge in [0.2, 0.25) is 14.3 Å². The second kappa shape index (κ2) is 12.9. The Balaban J connectivity index is 1.25. The number of hydrogen-bond donors (Lipinski definition) is 1. The van der Waals surface area contributed by atoms with E-state index in [0.29, 0.717) is 41.3 Å². The Morgan fingerprint density at radius 2 is 1.78 bits per heavy atom. The molecule has 13 heteroatoms. The minimum atomic E-state index is -3.46. The number of aryl methyl sites for hydroxylation is 1. The number of β-lactam (4-membered cyclic amide) rings is 1. The van der Waals surface area contributed by atoms with Gasteiger partial charge in [0.25, 0.3) is 5.91 Å². The third-order valence-corrected chi connectivity index (χ3v) is 12.8. The predicted molar refractivity (Wildman–Crippen MR) is 186 cm³/mol. The Bertz CT molecular complexity index is 1920. The number of ether oxygens (including phenoxy) is 2. The molecule has 2 fully saturated rings. The molecule has 260 valence electrons. The van der Waals surface area contributed by atoms with Crippen LogP contribution in [0.1, 0.15) is 49.4 Å². The average Bonchev–Trinajstić information content (AvgIpc) is 3.74. The summed E-state index contributed by atoms with van der Waals surface area (Å²) < 4.78 is 30.5. The van der Waals surface area contributed by atoms with E-state index in [0.717, 1.165) is 5.56 Å². The summed E-state index contributed by atoms with van der Waals surface area (Å²) in [6, 6.07) is 24.1. The van der Waals surface area contributed by atoms with E-state index < -0.39 is 43.8 Å². The Morgan fingerprint density at radius 3 is 2.42 bits per heavy atom. The van der Waals surface area contributed by atoms with Crippen molar-refractivity contribution in [3.05, 3.63) is 102 Å². The fraction of sp³-hybridized carbons (Fsp3) is 0.378. The number of benzene rings is 3. The van der Waals surface area contributed by atoms with Crippen LogP contribution in [0.3, 0.4) is 0 Å². The van der Waals surface area contributed by atoms with E-state index in [4.69, 9.17) is 9.47 Å². The summed E-state index contributed by atoms with van der Waals surface area (Å²) in [5.41, 5.74) is 1.67.